The fourth-order valence-corrected chi connectivity index (χ4v) is 4.48. The first-order valence-electron chi connectivity index (χ1n) is 11.1. The molecule has 0 atom stereocenters. The Bertz CT molecular complexity index is 1210. The molecular weight excluding hydrogens is 401 g/mol. The molecule has 0 N–H and O–H groups in total. The number of anilines is 1. The maximum Gasteiger partial charge on any atom is 0.166 e. The van der Waals surface area contributed by atoms with Gasteiger partial charge in [0.05, 0.1) is 5.52 Å². The molecule has 5 rings (SSSR count). The number of fused-ring (bicyclic) bond motifs is 1. The second-order valence-corrected chi connectivity index (χ2v) is 8.24. The van der Waals surface area contributed by atoms with Crippen LogP contribution >= 0.6 is 0 Å². The monoisotopic (exact) mass is 427 g/mol. The molecule has 5 heteroatoms. The number of nitrogens with zero attached hydrogens (tertiary/aromatic N) is 3. The summed E-state index contributed by atoms with van der Waals surface area (Å²) in [6, 6.07) is 24.8. The maximum absolute atomic E-state index is 13.4. The number of piperazine rings is 1. The van der Waals surface area contributed by atoms with E-state index < -0.39 is 0 Å². The standard InChI is InChI=1S/C27H26FN3O/c28-21-10-12-23(13-11-21)31-20-25(24-8-4-5-9-26(24)31)27(32)14-15-29-16-18-30(19-17-29)22-6-2-1-3-7-22/h1-13,20H,14-19H2. The van der Waals surface area contributed by atoms with Gasteiger partial charge in [-0.05, 0) is 42.5 Å². The Balaban J connectivity index is 1.27. The van der Waals surface area contributed by atoms with Crippen molar-refractivity contribution >= 4 is 22.4 Å². The lowest BCUT2D eigenvalue weighted by Crippen LogP contribution is -2.46. The highest BCUT2D eigenvalue weighted by molar-refractivity contribution is 6.08. The summed E-state index contributed by atoms with van der Waals surface area (Å²) in [7, 11) is 0. The van der Waals surface area contributed by atoms with Crippen molar-refractivity contribution in [3.05, 3.63) is 96.4 Å². The molecule has 0 radical (unpaired) electrons. The summed E-state index contributed by atoms with van der Waals surface area (Å²) in [6.45, 7) is 4.63. The van der Waals surface area contributed by atoms with Gasteiger partial charge in [0.25, 0.3) is 0 Å². The molecule has 162 valence electrons. The zero-order valence-electron chi connectivity index (χ0n) is 18.0. The third kappa shape index (κ3) is 4.16. The largest absolute Gasteiger partial charge is 0.369 e. The molecule has 0 amide bonds. The van der Waals surface area contributed by atoms with Gasteiger partial charge >= 0.3 is 0 Å². The van der Waals surface area contributed by atoms with E-state index in [0.717, 1.165) is 54.9 Å². The normalized spacial score (nSPS) is 14.7. The van der Waals surface area contributed by atoms with Gasteiger partial charge in [0, 0.05) is 67.7 Å². The van der Waals surface area contributed by atoms with Crippen LogP contribution in [0.2, 0.25) is 0 Å². The second-order valence-electron chi connectivity index (χ2n) is 8.24. The van der Waals surface area contributed by atoms with Crippen LogP contribution in [0.5, 0.6) is 0 Å². The molecule has 0 saturated carbocycles. The summed E-state index contributed by atoms with van der Waals surface area (Å²) >= 11 is 0. The Morgan fingerprint density at radius 2 is 1.47 bits per heavy atom. The van der Waals surface area contributed by atoms with E-state index in [9.17, 15) is 9.18 Å². The zero-order chi connectivity index (χ0) is 21.9. The van der Waals surface area contributed by atoms with Crippen molar-refractivity contribution in [3.8, 4) is 5.69 Å². The molecule has 1 aliphatic rings. The third-order valence-corrected chi connectivity index (χ3v) is 6.27. The SMILES string of the molecule is O=C(CCN1CCN(c2ccccc2)CC1)c1cn(-c2ccc(F)cc2)c2ccccc12. The number of carbonyl (C=O) groups excluding carboxylic acids is 1. The number of hydrogen-bond donors (Lipinski definition) is 0. The highest BCUT2D eigenvalue weighted by Gasteiger charge is 2.20. The molecule has 4 nitrogen and oxygen atoms in total. The predicted molar refractivity (Wildman–Crippen MR) is 127 cm³/mol. The molecule has 0 aliphatic carbocycles. The van der Waals surface area contributed by atoms with Crippen molar-refractivity contribution in [3.63, 3.8) is 0 Å². The highest BCUT2D eigenvalue weighted by Crippen LogP contribution is 2.26. The fraction of sp³-hybridized carbons (Fsp3) is 0.222. The Kier molecular flexibility index (Phi) is 5.73. The summed E-state index contributed by atoms with van der Waals surface area (Å²) in [5.74, 6) is -0.124. The Morgan fingerprint density at radius 3 is 2.22 bits per heavy atom. The van der Waals surface area contributed by atoms with E-state index in [0.29, 0.717) is 6.42 Å². The van der Waals surface area contributed by atoms with Gasteiger partial charge < -0.3 is 9.47 Å². The summed E-state index contributed by atoms with van der Waals surface area (Å²) in [6.07, 6.45) is 2.39. The van der Waals surface area contributed by atoms with Crippen LogP contribution in [0.3, 0.4) is 0 Å². The van der Waals surface area contributed by atoms with Crippen molar-refractivity contribution in [1.82, 2.24) is 9.47 Å². The summed E-state index contributed by atoms with van der Waals surface area (Å²) in [5, 5.41) is 0.940. The van der Waals surface area contributed by atoms with E-state index in [1.807, 2.05) is 41.1 Å². The summed E-state index contributed by atoms with van der Waals surface area (Å²) < 4.78 is 15.3. The minimum Gasteiger partial charge on any atom is -0.369 e. The lowest BCUT2D eigenvalue weighted by atomic mass is 10.1. The number of para-hydroxylation sites is 2. The number of Topliss-reactive ketones (excluding diaryl/α,β-unsaturated/α-hetero) is 1. The van der Waals surface area contributed by atoms with Gasteiger partial charge in [-0.15, -0.1) is 0 Å². The molecular formula is C27H26FN3O. The number of halogens is 1. The molecule has 1 aromatic heterocycles. The van der Waals surface area contributed by atoms with Gasteiger partial charge in [-0.2, -0.15) is 0 Å². The second kappa shape index (κ2) is 8.97. The first-order chi connectivity index (χ1) is 15.7. The summed E-state index contributed by atoms with van der Waals surface area (Å²) in [5.41, 5.74) is 3.79. The molecule has 3 aromatic carbocycles. The topological polar surface area (TPSA) is 28.5 Å². The molecule has 0 spiro atoms. The Hall–Kier alpha value is -3.44. The first kappa shape index (κ1) is 20.5. The van der Waals surface area contributed by atoms with E-state index in [1.54, 1.807) is 12.1 Å². The van der Waals surface area contributed by atoms with Gasteiger partial charge in [0.2, 0.25) is 0 Å². The lowest BCUT2D eigenvalue weighted by molar-refractivity contribution is 0.0964. The third-order valence-electron chi connectivity index (χ3n) is 6.27. The molecule has 4 aromatic rings. The van der Waals surface area contributed by atoms with Crippen LogP contribution in [-0.2, 0) is 0 Å². The molecule has 2 heterocycles. The number of aromatic nitrogens is 1. The highest BCUT2D eigenvalue weighted by atomic mass is 19.1. The Morgan fingerprint density at radius 1 is 0.781 bits per heavy atom. The van der Waals surface area contributed by atoms with Crippen LogP contribution in [0.4, 0.5) is 10.1 Å². The number of benzene rings is 3. The van der Waals surface area contributed by atoms with E-state index >= 15 is 0 Å². The average Bonchev–Trinajstić information content (AvgIpc) is 3.24. The van der Waals surface area contributed by atoms with Crippen molar-refractivity contribution in [2.75, 3.05) is 37.6 Å². The number of rotatable bonds is 6. The fourth-order valence-electron chi connectivity index (χ4n) is 4.48. The van der Waals surface area contributed by atoms with Crippen LogP contribution in [0.15, 0.2) is 85.1 Å². The van der Waals surface area contributed by atoms with Gasteiger partial charge in [0.1, 0.15) is 5.82 Å². The quantitative estimate of drug-likeness (QED) is 0.398. The maximum atomic E-state index is 13.4. The van der Waals surface area contributed by atoms with E-state index in [1.165, 1.54) is 17.8 Å². The molecule has 1 saturated heterocycles. The minimum absolute atomic E-state index is 0.146. The summed E-state index contributed by atoms with van der Waals surface area (Å²) in [4.78, 5) is 17.9. The number of carbonyl (C=O) groups is 1. The molecule has 0 bridgehead atoms. The number of hydrogen-bond acceptors (Lipinski definition) is 3. The van der Waals surface area contributed by atoms with Crippen molar-refractivity contribution in [1.29, 1.82) is 0 Å². The van der Waals surface area contributed by atoms with Gasteiger partial charge in [0.15, 0.2) is 5.78 Å². The van der Waals surface area contributed by atoms with Gasteiger partial charge in [-0.1, -0.05) is 36.4 Å². The lowest BCUT2D eigenvalue weighted by Gasteiger charge is -2.36. The predicted octanol–water partition coefficient (Wildman–Crippen LogP) is 5.16. The van der Waals surface area contributed by atoms with Crippen LogP contribution in [0, 0.1) is 5.82 Å². The molecule has 1 aliphatic heterocycles. The molecule has 1 fully saturated rings. The van der Waals surface area contributed by atoms with E-state index in [4.69, 9.17) is 0 Å². The molecule has 32 heavy (non-hydrogen) atoms. The smallest absolute Gasteiger partial charge is 0.166 e. The van der Waals surface area contributed by atoms with Crippen LogP contribution in [0.1, 0.15) is 16.8 Å². The van der Waals surface area contributed by atoms with Gasteiger partial charge in [-0.3, -0.25) is 9.69 Å². The van der Waals surface area contributed by atoms with Crippen molar-refractivity contribution in [2.45, 2.75) is 6.42 Å². The van der Waals surface area contributed by atoms with Crippen LogP contribution in [0.25, 0.3) is 16.6 Å². The van der Waals surface area contributed by atoms with Crippen LogP contribution in [-0.4, -0.2) is 48.0 Å². The zero-order valence-corrected chi connectivity index (χ0v) is 18.0. The Labute approximate surface area is 187 Å². The van der Waals surface area contributed by atoms with E-state index in [-0.39, 0.29) is 11.6 Å². The van der Waals surface area contributed by atoms with Crippen LogP contribution < -0.4 is 4.90 Å². The van der Waals surface area contributed by atoms with Crippen molar-refractivity contribution in [2.24, 2.45) is 0 Å². The first-order valence-corrected chi connectivity index (χ1v) is 11.1. The van der Waals surface area contributed by atoms with Gasteiger partial charge in [-0.25, -0.2) is 4.39 Å². The minimum atomic E-state index is -0.270. The van der Waals surface area contributed by atoms with Crippen molar-refractivity contribution < 1.29 is 9.18 Å². The number of ketones is 1. The molecule has 0 unspecified atom stereocenters. The van der Waals surface area contributed by atoms with E-state index in [2.05, 4.69) is 34.1 Å². The average molecular weight is 428 g/mol.